The molecule has 0 amide bonds. The number of carbonyl (C=O) groups excluding carboxylic acids is 2. The number of ether oxygens (including phenoxy) is 2. The summed E-state index contributed by atoms with van der Waals surface area (Å²) in [6.45, 7) is 7.29. The molecule has 8 nitrogen and oxygen atoms in total. The average Bonchev–Trinajstić information content (AvgIpc) is 3.05. The zero-order valence-electron chi connectivity index (χ0n) is 18.0. The van der Waals surface area contributed by atoms with Gasteiger partial charge in [0.2, 0.25) is 11.3 Å². The lowest BCUT2D eigenvalue weighted by atomic mass is 10.0. The van der Waals surface area contributed by atoms with Crippen LogP contribution in [0.25, 0.3) is 22.3 Å². The molecule has 0 saturated carbocycles. The summed E-state index contributed by atoms with van der Waals surface area (Å²) in [5.41, 5.74) is -0.455. The van der Waals surface area contributed by atoms with E-state index in [0.717, 1.165) is 12.7 Å². The molecule has 0 fully saturated rings. The van der Waals surface area contributed by atoms with Gasteiger partial charge in [-0.25, -0.2) is 9.59 Å². The Labute approximate surface area is 183 Å². The van der Waals surface area contributed by atoms with Gasteiger partial charge in [-0.3, -0.25) is 4.79 Å². The Morgan fingerprint density at radius 2 is 1.68 bits per heavy atom. The van der Waals surface area contributed by atoms with E-state index in [0.29, 0.717) is 10.6 Å². The van der Waals surface area contributed by atoms with Crippen molar-refractivity contribution in [3.63, 3.8) is 0 Å². The van der Waals surface area contributed by atoms with Crippen LogP contribution in [0.1, 0.15) is 47.1 Å². The summed E-state index contributed by atoms with van der Waals surface area (Å²) in [5.74, 6) is -1.91. The minimum Gasteiger partial charge on any atom is -0.465 e. The van der Waals surface area contributed by atoms with Crippen molar-refractivity contribution in [1.82, 2.24) is 0 Å². The van der Waals surface area contributed by atoms with E-state index in [9.17, 15) is 14.4 Å². The third-order valence-electron chi connectivity index (χ3n) is 4.47. The highest BCUT2D eigenvalue weighted by atomic mass is 35.5. The second-order valence-corrected chi connectivity index (χ2v) is 8.35. The smallest absolute Gasteiger partial charge is 0.344 e. The van der Waals surface area contributed by atoms with Crippen LogP contribution in [0.15, 0.2) is 32.0 Å². The maximum absolute atomic E-state index is 13.2. The topological polar surface area (TPSA) is 108 Å². The third-order valence-corrected chi connectivity index (χ3v) is 4.88. The van der Waals surface area contributed by atoms with Crippen LogP contribution < -0.4 is 10.7 Å². The van der Waals surface area contributed by atoms with Crippen LogP contribution in [0.3, 0.4) is 0 Å². The van der Waals surface area contributed by atoms with Crippen LogP contribution in [0, 0.1) is 6.92 Å². The van der Waals surface area contributed by atoms with Gasteiger partial charge >= 0.3 is 11.9 Å². The molecule has 164 valence electrons. The largest absolute Gasteiger partial charge is 0.465 e. The maximum Gasteiger partial charge on any atom is 0.344 e. The summed E-state index contributed by atoms with van der Waals surface area (Å²) < 4.78 is 21.1. The number of nitrogens with one attached hydrogen (secondary N) is 1. The number of benzene rings is 1. The molecule has 3 aromatic rings. The molecule has 3 rings (SSSR count). The molecule has 0 aliphatic heterocycles. The summed E-state index contributed by atoms with van der Waals surface area (Å²) in [7, 11) is 2.33. The number of esters is 2. The van der Waals surface area contributed by atoms with Gasteiger partial charge in [0.05, 0.1) is 19.6 Å². The molecule has 0 aliphatic rings. The molecule has 0 spiro atoms. The Morgan fingerprint density at radius 3 is 2.26 bits per heavy atom. The minimum atomic E-state index is -0.873. The summed E-state index contributed by atoms with van der Waals surface area (Å²) >= 11 is 6.18. The number of anilines is 1. The molecule has 0 aliphatic carbocycles. The molecule has 0 radical (unpaired) electrons. The molecule has 0 bridgehead atoms. The van der Waals surface area contributed by atoms with Crippen molar-refractivity contribution in [3.8, 4) is 11.3 Å². The van der Waals surface area contributed by atoms with Crippen LogP contribution in [0.4, 0.5) is 5.88 Å². The Hall–Kier alpha value is -3.26. The van der Waals surface area contributed by atoms with E-state index in [1.807, 2.05) is 20.8 Å². The highest BCUT2D eigenvalue weighted by Gasteiger charge is 2.35. The maximum atomic E-state index is 13.2. The first kappa shape index (κ1) is 22.4. The minimum absolute atomic E-state index is 0.0313. The third kappa shape index (κ3) is 4.16. The number of hydrogen-bond donors (Lipinski definition) is 1. The quantitative estimate of drug-likeness (QED) is 0.568. The van der Waals surface area contributed by atoms with E-state index in [1.165, 1.54) is 19.4 Å². The van der Waals surface area contributed by atoms with Gasteiger partial charge in [0.25, 0.3) is 0 Å². The molecule has 2 heterocycles. The van der Waals surface area contributed by atoms with Crippen molar-refractivity contribution in [2.45, 2.75) is 33.2 Å². The first-order chi connectivity index (χ1) is 14.5. The van der Waals surface area contributed by atoms with E-state index in [2.05, 4.69) is 5.32 Å². The van der Waals surface area contributed by atoms with Crippen molar-refractivity contribution in [1.29, 1.82) is 0 Å². The number of methoxy groups -OCH3 is 2. The first-order valence-electron chi connectivity index (χ1n) is 9.32. The molecular formula is C22H22ClNO7. The van der Waals surface area contributed by atoms with Crippen LogP contribution in [0.5, 0.6) is 0 Å². The monoisotopic (exact) mass is 447 g/mol. The summed E-state index contributed by atoms with van der Waals surface area (Å²) in [6.07, 6.45) is 1.17. The summed E-state index contributed by atoms with van der Waals surface area (Å²) in [5, 5.41) is 3.60. The zero-order chi connectivity index (χ0) is 23.1. The number of halogens is 1. The fraction of sp³-hybridized carbons (Fsp3) is 0.318. The van der Waals surface area contributed by atoms with Gasteiger partial charge in [-0.2, -0.15) is 0 Å². The predicted molar refractivity (Wildman–Crippen MR) is 116 cm³/mol. The van der Waals surface area contributed by atoms with Crippen LogP contribution in [-0.2, 0) is 9.47 Å². The molecule has 0 atom stereocenters. The molecule has 2 aromatic heterocycles. The Morgan fingerprint density at radius 1 is 1.06 bits per heavy atom. The number of aryl methyl sites for hydroxylation is 1. The normalized spacial score (nSPS) is 11.5. The Kier molecular flexibility index (Phi) is 5.87. The van der Waals surface area contributed by atoms with Crippen molar-refractivity contribution in [3.05, 3.63) is 50.3 Å². The average molecular weight is 448 g/mol. The molecule has 1 aromatic carbocycles. The molecular weight excluding hydrogens is 426 g/mol. The van der Waals surface area contributed by atoms with Gasteiger partial charge in [0.15, 0.2) is 5.76 Å². The van der Waals surface area contributed by atoms with E-state index in [4.69, 9.17) is 29.9 Å². The molecule has 0 unspecified atom stereocenters. The second kappa shape index (κ2) is 8.11. The van der Waals surface area contributed by atoms with Crippen molar-refractivity contribution >= 4 is 40.4 Å². The van der Waals surface area contributed by atoms with Gasteiger partial charge in [0.1, 0.15) is 28.5 Å². The van der Waals surface area contributed by atoms with E-state index in [1.54, 1.807) is 13.0 Å². The molecule has 9 heteroatoms. The van der Waals surface area contributed by atoms with Gasteiger partial charge in [0, 0.05) is 10.6 Å². The number of carbonyl (C=O) groups is 2. The number of fused-ring (bicyclic) bond motifs is 1. The lowest BCUT2D eigenvalue weighted by Crippen LogP contribution is -2.27. The van der Waals surface area contributed by atoms with Gasteiger partial charge in [-0.05, 0) is 45.4 Å². The summed E-state index contributed by atoms with van der Waals surface area (Å²) in [6, 6.07) is 3.12. The zero-order valence-corrected chi connectivity index (χ0v) is 18.7. The molecule has 31 heavy (non-hydrogen) atoms. The van der Waals surface area contributed by atoms with Crippen LogP contribution in [0.2, 0.25) is 5.02 Å². The van der Waals surface area contributed by atoms with Crippen LogP contribution in [-0.4, -0.2) is 31.7 Å². The van der Waals surface area contributed by atoms with E-state index >= 15 is 0 Å². The van der Waals surface area contributed by atoms with E-state index in [-0.39, 0.29) is 33.7 Å². The highest BCUT2D eigenvalue weighted by molar-refractivity contribution is 6.32. The molecule has 1 N–H and O–H groups in total. The van der Waals surface area contributed by atoms with Gasteiger partial charge in [-0.15, -0.1) is 0 Å². The SMILES string of the molecule is COC(=O)c1c(NC(C)(C)C)oc(-c2coc3cc(C)c(Cl)cc3c2=O)c1C(=O)OC. The lowest BCUT2D eigenvalue weighted by molar-refractivity contribution is 0.0558. The van der Waals surface area contributed by atoms with Crippen LogP contribution >= 0.6 is 11.6 Å². The van der Waals surface area contributed by atoms with Crippen molar-refractivity contribution in [2.24, 2.45) is 0 Å². The standard InChI is InChI=1S/C22H22ClNO7/c1-10-7-14-11(8-13(10)23)17(25)12(9-30-14)18-15(20(26)28-5)16(21(27)29-6)19(31-18)24-22(2,3)4/h7-9,24H,1-6H3. The lowest BCUT2D eigenvalue weighted by Gasteiger charge is -2.20. The number of furan rings is 1. The first-order valence-corrected chi connectivity index (χ1v) is 9.70. The van der Waals surface area contributed by atoms with E-state index < -0.39 is 22.9 Å². The highest BCUT2D eigenvalue weighted by Crippen LogP contribution is 2.37. The van der Waals surface area contributed by atoms with Crippen molar-refractivity contribution < 1.29 is 27.9 Å². The fourth-order valence-electron chi connectivity index (χ4n) is 3.05. The fourth-order valence-corrected chi connectivity index (χ4v) is 3.21. The number of rotatable bonds is 4. The summed E-state index contributed by atoms with van der Waals surface area (Å²) in [4.78, 5) is 38.4. The Bertz CT molecular complexity index is 1250. The number of hydrogen-bond acceptors (Lipinski definition) is 8. The second-order valence-electron chi connectivity index (χ2n) is 7.94. The van der Waals surface area contributed by atoms with Gasteiger partial charge in [-0.1, -0.05) is 11.6 Å². The predicted octanol–water partition coefficient (Wildman–Crippen LogP) is 4.80. The molecule has 0 saturated heterocycles. The Balaban J connectivity index is 2.38. The van der Waals surface area contributed by atoms with Gasteiger partial charge < -0.3 is 23.6 Å². The van der Waals surface area contributed by atoms with Crippen molar-refractivity contribution in [2.75, 3.05) is 19.5 Å².